The molecule has 14 heavy (non-hydrogen) atoms. The molecule has 0 spiro atoms. The number of ketones is 1. The maximum atomic E-state index is 11.1. The van der Waals surface area contributed by atoms with Gasteiger partial charge in [0.1, 0.15) is 5.78 Å². The van der Waals surface area contributed by atoms with Gasteiger partial charge >= 0.3 is 0 Å². The number of Topliss-reactive ketones (excluding diaryl/α,β-unsaturated/α-hetero) is 1. The molecular formula is C11H11NOS. The van der Waals surface area contributed by atoms with E-state index in [4.69, 9.17) is 0 Å². The van der Waals surface area contributed by atoms with Crippen LogP contribution in [0.3, 0.4) is 0 Å². The van der Waals surface area contributed by atoms with E-state index < -0.39 is 0 Å². The number of carbonyl (C=O) groups excluding carboxylic acids is 1. The van der Waals surface area contributed by atoms with Crippen LogP contribution in [0.15, 0.2) is 16.8 Å². The van der Waals surface area contributed by atoms with Crippen LogP contribution in [0.1, 0.15) is 31.2 Å². The molecule has 3 heteroatoms. The maximum Gasteiger partial charge on any atom is 0.133 e. The van der Waals surface area contributed by atoms with Gasteiger partial charge in [0.25, 0.3) is 0 Å². The molecule has 0 bridgehead atoms. The molecule has 1 aliphatic carbocycles. The summed E-state index contributed by atoms with van der Waals surface area (Å²) in [6.45, 7) is 0. The highest BCUT2D eigenvalue weighted by Crippen LogP contribution is 2.38. The number of hydrogen-bond acceptors (Lipinski definition) is 3. The molecule has 2 nitrogen and oxygen atoms in total. The third kappa shape index (κ3) is 1.46. The molecule has 1 aromatic heterocycles. The number of nitriles is 1. The summed E-state index contributed by atoms with van der Waals surface area (Å²) in [5, 5.41) is 13.3. The lowest BCUT2D eigenvalue weighted by Crippen LogP contribution is -2.29. The summed E-state index contributed by atoms with van der Waals surface area (Å²) in [6, 6.07) is 4.40. The Hall–Kier alpha value is -1.14. The summed E-state index contributed by atoms with van der Waals surface area (Å²) in [4.78, 5) is 11.1. The van der Waals surface area contributed by atoms with E-state index in [1.165, 1.54) is 0 Å². The Bertz CT molecular complexity index is 364. The van der Waals surface area contributed by atoms with Crippen molar-refractivity contribution in [2.45, 2.75) is 31.1 Å². The first-order valence-electron chi connectivity index (χ1n) is 4.72. The highest BCUT2D eigenvalue weighted by molar-refractivity contribution is 7.08. The van der Waals surface area contributed by atoms with E-state index >= 15 is 0 Å². The normalized spacial score (nSPS) is 20.4. The lowest BCUT2D eigenvalue weighted by atomic mass is 9.71. The zero-order valence-electron chi connectivity index (χ0n) is 7.82. The van der Waals surface area contributed by atoms with Crippen LogP contribution in [0.25, 0.3) is 0 Å². The minimum absolute atomic E-state index is 0.297. The molecule has 0 radical (unpaired) electrons. The van der Waals surface area contributed by atoms with Crippen molar-refractivity contribution in [2.75, 3.05) is 0 Å². The van der Waals surface area contributed by atoms with E-state index in [2.05, 4.69) is 6.07 Å². The fourth-order valence-corrected chi connectivity index (χ4v) is 2.71. The summed E-state index contributed by atoms with van der Waals surface area (Å²) in [6.07, 6.45) is 2.50. The molecule has 0 N–H and O–H groups in total. The van der Waals surface area contributed by atoms with Crippen molar-refractivity contribution >= 4 is 17.1 Å². The molecule has 1 saturated carbocycles. The molecule has 0 atom stereocenters. The van der Waals surface area contributed by atoms with Gasteiger partial charge in [-0.1, -0.05) is 0 Å². The standard InChI is InChI=1S/C11H11NOS/c12-8-11(9-3-6-14-7-9)4-1-10(13)2-5-11/h3,6-7H,1-2,4-5H2. The van der Waals surface area contributed by atoms with E-state index in [-0.39, 0.29) is 5.41 Å². The Morgan fingerprint density at radius 2 is 2.14 bits per heavy atom. The van der Waals surface area contributed by atoms with Gasteiger partial charge in [0.2, 0.25) is 0 Å². The molecule has 1 aliphatic rings. The van der Waals surface area contributed by atoms with E-state index in [1.807, 2.05) is 16.8 Å². The molecule has 72 valence electrons. The first-order valence-corrected chi connectivity index (χ1v) is 5.67. The first-order chi connectivity index (χ1) is 6.77. The molecule has 1 fully saturated rings. The number of rotatable bonds is 1. The summed E-state index contributed by atoms with van der Waals surface area (Å²) in [7, 11) is 0. The van der Waals surface area contributed by atoms with Gasteiger partial charge in [-0.15, -0.1) is 0 Å². The van der Waals surface area contributed by atoms with Gasteiger partial charge in [-0.2, -0.15) is 16.6 Å². The maximum absolute atomic E-state index is 11.1. The van der Waals surface area contributed by atoms with Crippen molar-refractivity contribution in [1.29, 1.82) is 5.26 Å². The number of nitrogens with zero attached hydrogens (tertiary/aromatic N) is 1. The minimum Gasteiger partial charge on any atom is -0.300 e. The van der Waals surface area contributed by atoms with Crippen molar-refractivity contribution in [1.82, 2.24) is 0 Å². The monoisotopic (exact) mass is 205 g/mol. The van der Waals surface area contributed by atoms with Crippen molar-refractivity contribution in [3.05, 3.63) is 22.4 Å². The second kappa shape index (κ2) is 3.55. The zero-order chi connectivity index (χ0) is 10.0. The third-order valence-corrected chi connectivity index (χ3v) is 3.63. The van der Waals surface area contributed by atoms with Gasteiger partial charge < -0.3 is 0 Å². The fourth-order valence-electron chi connectivity index (χ4n) is 1.96. The third-order valence-electron chi connectivity index (χ3n) is 2.95. The van der Waals surface area contributed by atoms with Gasteiger partial charge in [-0.05, 0) is 35.2 Å². The summed E-state index contributed by atoms with van der Waals surface area (Å²) < 4.78 is 0. The van der Waals surface area contributed by atoms with Crippen molar-refractivity contribution in [2.24, 2.45) is 0 Å². The number of thiophene rings is 1. The average molecular weight is 205 g/mol. The summed E-state index contributed by atoms with van der Waals surface area (Å²) >= 11 is 1.61. The van der Waals surface area contributed by atoms with Crippen LogP contribution in [-0.4, -0.2) is 5.78 Å². The van der Waals surface area contributed by atoms with Gasteiger partial charge in [0.05, 0.1) is 11.5 Å². The van der Waals surface area contributed by atoms with Gasteiger partial charge in [-0.3, -0.25) is 4.79 Å². The highest BCUT2D eigenvalue weighted by atomic mass is 32.1. The lowest BCUT2D eigenvalue weighted by molar-refractivity contribution is -0.120. The molecule has 1 heterocycles. The second-order valence-electron chi connectivity index (χ2n) is 3.74. The Balaban J connectivity index is 2.28. The van der Waals surface area contributed by atoms with E-state index in [9.17, 15) is 10.1 Å². The first kappa shape index (κ1) is 9.42. The molecule has 0 amide bonds. The molecule has 2 rings (SSSR count). The van der Waals surface area contributed by atoms with Gasteiger partial charge in [-0.25, -0.2) is 0 Å². The SMILES string of the molecule is N#CC1(c2ccsc2)CCC(=O)CC1. The van der Waals surface area contributed by atoms with Crippen LogP contribution < -0.4 is 0 Å². The Kier molecular flexibility index (Phi) is 2.39. The van der Waals surface area contributed by atoms with Crippen LogP contribution in [0, 0.1) is 11.3 Å². The minimum atomic E-state index is -0.381. The van der Waals surface area contributed by atoms with Crippen LogP contribution in [0.2, 0.25) is 0 Å². The highest BCUT2D eigenvalue weighted by Gasteiger charge is 2.36. The number of hydrogen-bond donors (Lipinski definition) is 0. The van der Waals surface area contributed by atoms with Gasteiger partial charge in [0.15, 0.2) is 0 Å². The second-order valence-corrected chi connectivity index (χ2v) is 4.52. The molecule has 0 saturated heterocycles. The van der Waals surface area contributed by atoms with Crippen molar-refractivity contribution < 1.29 is 4.79 Å². The van der Waals surface area contributed by atoms with E-state index in [0.717, 1.165) is 5.56 Å². The van der Waals surface area contributed by atoms with E-state index in [0.29, 0.717) is 31.5 Å². The summed E-state index contributed by atoms with van der Waals surface area (Å²) in [5.41, 5.74) is 0.714. The Morgan fingerprint density at radius 3 is 2.64 bits per heavy atom. The molecular weight excluding hydrogens is 194 g/mol. The van der Waals surface area contributed by atoms with Crippen molar-refractivity contribution in [3.63, 3.8) is 0 Å². The Morgan fingerprint density at radius 1 is 1.43 bits per heavy atom. The predicted molar refractivity (Wildman–Crippen MR) is 55.1 cm³/mol. The quantitative estimate of drug-likeness (QED) is 0.707. The molecule has 0 aliphatic heterocycles. The summed E-state index contributed by atoms with van der Waals surface area (Å²) in [5.74, 6) is 0.297. The topological polar surface area (TPSA) is 40.9 Å². The van der Waals surface area contributed by atoms with Crippen LogP contribution in [0.5, 0.6) is 0 Å². The molecule has 0 aromatic carbocycles. The zero-order valence-corrected chi connectivity index (χ0v) is 8.64. The van der Waals surface area contributed by atoms with E-state index in [1.54, 1.807) is 11.3 Å². The van der Waals surface area contributed by atoms with Crippen LogP contribution in [0.4, 0.5) is 0 Å². The van der Waals surface area contributed by atoms with Gasteiger partial charge in [0, 0.05) is 12.8 Å². The van der Waals surface area contributed by atoms with Crippen LogP contribution >= 0.6 is 11.3 Å². The largest absolute Gasteiger partial charge is 0.300 e. The molecule has 0 unspecified atom stereocenters. The average Bonchev–Trinajstić information content (AvgIpc) is 2.73. The number of carbonyl (C=O) groups is 1. The lowest BCUT2D eigenvalue weighted by Gasteiger charge is -2.29. The van der Waals surface area contributed by atoms with Crippen LogP contribution in [-0.2, 0) is 10.2 Å². The molecule has 1 aromatic rings. The smallest absolute Gasteiger partial charge is 0.133 e. The fraction of sp³-hybridized carbons (Fsp3) is 0.455. The van der Waals surface area contributed by atoms with Crippen molar-refractivity contribution in [3.8, 4) is 6.07 Å². The predicted octanol–water partition coefficient (Wildman–Crippen LogP) is 2.65. The Labute approximate surface area is 87.2 Å².